The molecular weight excluding hydrogens is 526 g/mol. The standard InChI is InChI=1S/C18H15Cl2N3O.C8H9Cl2N/c19-15-5-1-3-12(17(15)20)7-10-22-18(24)23-16-6-2-4-13-11-21-9-8-14(13)16;9-7-3-1-2-6(4-5-11)8(7)10/h1-6,8-9,11H,7,10H2,(H2,22,23,24);1-3H,4-5,11H2. The fourth-order valence-corrected chi connectivity index (χ4v) is 4.18. The van der Waals surface area contributed by atoms with Crippen LogP contribution in [0.5, 0.6) is 0 Å². The molecule has 0 saturated heterocycles. The summed E-state index contributed by atoms with van der Waals surface area (Å²) in [5, 5.41) is 9.87. The highest BCUT2D eigenvalue weighted by Gasteiger charge is 2.07. The first-order valence-electron chi connectivity index (χ1n) is 10.8. The molecule has 1 aromatic heterocycles. The van der Waals surface area contributed by atoms with E-state index in [1.807, 2.05) is 48.5 Å². The summed E-state index contributed by atoms with van der Waals surface area (Å²) in [5.41, 5.74) is 8.04. The molecule has 5 nitrogen and oxygen atoms in total. The number of nitrogens with one attached hydrogen (secondary N) is 2. The molecule has 0 radical (unpaired) electrons. The molecule has 4 aromatic rings. The van der Waals surface area contributed by atoms with Crippen LogP contribution in [0, 0.1) is 0 Å². The molecule has 1 heterocycles. The fourth-order valence-electron chi connectivity index (χ4n) is 3.35. The molecule has 0 fully saturated rings. The summed E-state index contributed by atoms with van der Waals surface area (Å²) in [6, 6.07) is 18.3. The van der Waals surface area contributed by atoms with E-state index < -0.39 is 0 Å². The summed E-state index contributed by atoms with van der Waals surface area (Å²) in [4.78, 5) is 16.2. The molecule has 0 unspecified atom stereocenters. The first-order chi connectivity index (χ1) is 16.9. The van der Waals surface area contributed by atoms with Crippen LogP contribution in [0.3, 0.4) is 0 Å². The van der Waals surface area contributed by atoms with Crippen LogP contribution in [0.1, 0.15) is 11.1 Å². The van der Waals surface area contributed by atoms with Crippen LogP contribution in [0.15, 0.2) is 73.1 Å². The number of benzene rings is 3. The number of pyridine rings is 1. The molecule has 0 bridgehead atoms. The van der Waals surface area contributed by atoms with Crippen molar-refractivity contribution in [1.82, 2.24) is 10.3 Å². The Morgan fingerprint density at radius 3 is 2.11 bits per heavy atom. The molecule has 2 amide bonds. The van der Waals surface area contributed by atoms with Gasteiger partial charge in [0, 0.05) is 29.7 Å². The number of nitrogens with zero attached hydrogens (tertiary/aromatic N) is 1. The lowest BCUT2D eigenvalue weighted by atomic mass is 10.1. The molecular formula is C26H24Cl4N4O. The van der Waals surface area contributed by atoms with E-state index in [2.05, 4.69) is 15.6 Å². The number of halogens is 4. The van der Waals surface area contributed by atoms with Gasteiger partial charge >= 0.3 is 6.03 Å². The molecule has 0 saturated carbocycles. The second kappa shape index (κ2) is 13.5. The van der Waals surface area contributed by atoms with Gasteiger partial charge in [-0.2, -0.15) is 0 Å². The Balaban J connectivity index is 0.000000261. The van der Waals surface area contributed by atoms with Gasteiger partial charge in [0.2, 0.25) is 0 Å². The number of nitrogens with two attached hydrogens (primary N) is 1. The smallest absolute Gasteiger partial charge is 0.319 e. The molecule has 182 valence electrons. The minimum absolute atomic E-state index is 0.266. The Bertz CT molecular complexity index is 1290. The molecule has 0 aliphatic heterocycles. The monoisotopic (exact) mass is 548 g/mol. The van der Waals surface area contributed by atoms with E-state index in [0.29, 0.717) is 39.6 Å². The number of hydrogen-bond acceptors (Lipinski definition) is 3. The van der Waals surface area contributed by atoms with Gasteiger partial charge in [-0.25, -0.2) is 4.79 Å². The van der Waals surface area contributed by atoms with Gasteiger partial charge in [0.25, 0.3) is 0 Å². The largest absolute Gasteiger partial charge is 0.338 e. The maximum atomic E-state index is 12.1. The van der Waals surface area contributed by atoms with E-state index in [0.717, 1.165) is 34.0 Å². The zero-order valence-electron chi connectivity index (χ0n) is 18.7. The van der Waals surface area contributed by atoms with Crippen molar-refractivity contribution < 1.29 is 4.79 Å². The van der Waals surface area contributed by atoms with Gasteiger partial charge in [-0.15, -0.1) is 0 Å². The number of carbonyl (C=O) groups excluding carboxylic acids is 1. The van der Waals surface area contributed by atoms with E-state index in [1.165, 1.54) is 0 Å². The summed E-state index contributed by atoms with van der Waals surface area (Å²) in [6.45, 7) is 1.05. The molecule has 35 heavy (non-hydrogen) atoms. The van der Waals surface area contributed by atoms with Gasteiger partial charge in [-0.05, 0) is 54.8 Å². The third-order valence-corrected chi connectivity index (χ3v) is 6.80. The number of amides is 2. The minimum atomic E-state index is -0.266. The molecule has 9 heteroatoms. The summed E-state index contributed by atoms with van der Waals surface area (Å²) >= 11 is 23.8. The zero-order chi connectivity index (χ0) is 25.2. The van der Waals surface area contributed by atoms with Crippen molar-refractivity contribution in [2.24, 2.45) is 5.73 Å². The molecule has 0 atom stereocenters. The summed E-state index contributed by atoms with van der Waals surface area (Å²) in [7, 11) is 0. The van der Waals surface area contributed by atoms with Crippen molar-refractivity contribution in [1.29, 1.82) is 0 Å². The van der Waals surface area contributed by atoms with Crippen molar-refractivity contribution in [2.75, 3.05) is 18.4 Å². The lowest BCUT2D eigenvalue weighted by Gasteiger charge is -2.10. The topological polar surface area (TPSA) is 80.0 Å². The lowest BCUT2D eigenvalue weighted by Crippen LogP contribution is -2.30. The van der Waals surface area contributed by atoms with Crippen LogP contribution in [-0.4, -0.2) is 24.1 Å². The number of fused-ring (bicyclic) bond motifs is 1. The highest BCUT2D eigenvalue weighted by atomic mass is 35.5. The van der Waals surface area contributed by atoms with Crippen molar-refractivity contribution in [2.45, 2.75) is 12.8 Å². The van der Waals surface area contributed by atoms with E-state index in [-0.39, 0.29) is 6.03 Å². The maximum absolute atomic E-state index is 12.1. The predicted octanol–water partition coefficient (Wildman–Crippen LogP) is 7.40. The van der Waals surface area contributed by atoms with E-state index >= 15 is 0 Å². The van der Waals surface area contributed by atoms with Crippen LogP contribution in [0.2, 0.25) is 20.1 Å². The summed E-state index contributed by atoms with van der Waals surface area (Å²) < 4.78 is 0. The van der Waals surface area contributed by atoms with Crippen LogP contribution in [0.25, 0.3) is 10.8 Å². The fraction of sp³-hybridized carbons (Fsp3) is 0.154. The van der Waals surface area contributed by atoms with Gasteiger partial charge < -0.3 is 16.4 Å². The maximum Gasteiger partial charge on any atom is 0.319 e. The molecule has 0 aliphatic rings. The van der Waals surface area contributed by atoms with Crippen molar-refractivity contribution in [3.05, 3.63) is 104 Å². The van der Waals surface area contributed by atoms with Crippen molar-refractivity contribution >= 4 is 68.9 Å². The van der Waals surface area contributed by atoms with E-state index in [4.69, 9.17) is 52.1 Å². The second-order valence-electron chi connectivity index (χ2n) is 7.50. The Labute approximate surface area is 224 Å². The zero-order valence-corrected chi connectivity index (χ0v) is 21.7. The number of carbonyl (C=O) groups is 1. The van der Waals surface area contributed by atoms with Crippen molar-refractivity contribution in [3.63, 3.8) is 0 Å². The first-order valence-corrected chi connectivity index (χ1v) is 12.3. The van der Waals surface area contributed by atoms with Crippen LogP contribution in [0.4, 0.5) is 10.5 Å². The Morgan fingerprint density at radius 2 is 1.46 bits per heavy atom. The Kier molecular flexibility index (Phi) is 10.5. The van der Waals surface area contributed by atoms with E-state index in [9.17, 15) is 4.79 Å². The summed E-state index contributed by atoms with van der Waals surface area (Å²) in [5.74, 6) is 0. The Morgan fingerprint density at radius 1 is 0.829 bits per heavy atom. The van der Waals surface area contributed by atoms with E-state index in [1.54, 1.807) is 24.5 Å². The third kappa shape index (κ3) is 7.72. The highest BCUT2D eigenvalue weighted by Crippen LogP contribution is 2.26. The normalized spacial score (nSPS) is 10.4. The number of hydrogen-bond donors (Lipinski definition) is 3. The molecule has 3 aromatic carbocycles. The van der Waals surface area contributed by atoms with Crippen molar-refractivity contribution in [3.8, 4) is 0 Å². The van der Waals surface area contributed by atoms with Gasteiger partial charge in [0.15, 0.2) is 0 Å². The number of urea groups is 1. The molecule has 4 N–H and O–H groups in total. The number of aromatic nitrogens is 1. The average Bonchev–Trinajstić information content (AvgIpc) is 2.85. The van der Waals surface area contributed by atoms with Crippen LogP contribution in [-0.2, 0) is 12.8 Å². The van der Waals surface area contributed by atoms with Crippen LogP contribution < -0.4 is 16.4 Å². The summed E-state index contributed by atoms with van der Waals surface area (Å²) in [6.07, 6.45) is 4.85. The molecule has 4 rings (SSSR count). The quantitative estimate of drug-likeness (QED) is 0.234. The van der Waals surface area contributed by atoms with Gasteiger partial charge in [-0.1, -0.05) is 82.8 Å². The van der Waals surface area contributed by atoms with Gasteiger partial charge in [-0.3, -0.25) is 4.98 Å². The Hall–Kier alpha value is -2.54. The lowest BCUT2D eigenvalue weighted by molar-refractivity contribution is 0.252. The minimum Gasteiger partial charge on any atom is -0.338 e. The number of rotatable bonds is 6. The predicted molar refractivity (Wildman–Crippen MR) is 148 cm³/mol. The van der Waals surface area contributed by atoms with Gasteiger partial charge in [0.1, 0.15) is 0 Å². The SMILES string of the molecule is NCCc1cccc(Cl)c1Cl.O=C(NCCc1cccc(Cl)c1Cl)Nc1cccc2cnccc12. The molecule has 0 spiro atoms. The third-order valence-electron chi connectivity index (χ3n) is 5.09. The first kappa shape index (κ1) is 27.1. The molecule has 0 aliphatic carbocycles. The second-order valence-corrected chi connectivity index (χ2v) is 9.07. The van der Waals surface area contributed by atoms with Gasteiger partial charge in [0.05, 0.1) is 25.8 Å². The average molecular weight is 550 g/mol. The highest BCUT2D eigenvalue weighted by molar-refractivity contribution is 6.43. The number of anilines is 1. The van der Waals surface area contributed by atoms with Crippen LogP contribution >= 0.6 is 46.4 Å².